The first-order chi connectivity index (χ1) is 9.17. The second kappa shape index (κ2) is 6.69. The summed E-state index contributed by atoms with van der Waals surface area (Å²) in [6.07, 6.45) is 3.60. The van der Waals surface area contributed by atoms with Crippen LogP contribution in [0, 0.1) is 11.7 Å². The van der Waals surface area contributed by atoms with Crippen LogP contribution in [0.1, 0.15) is 37.8 Å². The minimum Gasteiger partial charge on any atom is -0.329 e. The van der Waals surface area contributed by atoms with Gasteiger partial charge in [0.2, 0.25) is 0 Å². The zero-order valence-electron chi connectivity index (χ0n) is 11.4. The third kappa shape index (κ3) is 3.68. The first-order valence-electron chi connectivity index (χ1n) is 7.05. The van der Waals surface area contributed by atoms with E-state index in [1.54, 1.807) is 12.1 Å². The molecule has 1 aromatic carbocycles. The summed E-state index contributed by atoms with van der Waals surface area (Å²) in [6, 6.07) is 4.73. The molecule has 106 valence electrons. The highest BCUT2D eigenvalue weighted by atomic mass is 35.5. The van der Waals surface area contributed by atoms with E-state index in [4.69, 9.17) is 17.3 Å². The first-order valence-corrected chi connectivity index (χ1v) is 7.43. The van der Waals surface area contributed by atoms with Crippen LogP contribution in [0.2, 0.25) is 5.02 Å². The molecule has 0 heterocycles. The normalized spacial score (nSPS) is 16.9. The molecule has 0 amide bonds. The van der Waals surface area contributed by atoms with Crippen molar-refractivity contribution >= 4 is 11.6 Å². The average Bonchev–Trinajstić information content (AvgIpc) is 3.17. The molecule has 1 fully saturated rings. The van der Waals surface area contributed by atoms with Crippen molar-refractivity contribution in [3.63, 3.8) is 0 Å². The molecule has 0 saturated heterocycles. The molecular weight excluding hydrogens is 263 g/mol. The highest BCUT2D eigenvalue weighted by Gasteiger charge is 2.30. The first kappa shape index (κ1) is 14.8. The van der Waals surface area contributed by atoms with Crippen molar-refractivity contribution in [3.05, 3.63) is 34.6 Å². The van der Waals surface area contributed by atoms with Gasteiger partial charge in [0.1, 0.15) is 5.82 Å². The Bertz CT molecular complexity index is 400. The molecule has 0 radical (unpaired) electrons. The van der Waals surface area contributed by atoms with Gasteiger partial charge >= 0.3 is 0 Å². The lowest BCUT2D eigenvalue weighted by Gasteiger charge is -2.31. The maximum absolute atomic E-state index is 14.1. The van der Waals surface area contributed by atoms with E-state index in [1.165, 1.54) is 18.9 Å². The summed E-state index contributed by atoms with van der Waals surface area (Å²) in [4.78, 5) is 2.29. The summed E-state index contributed by atoms with van der Waals surface area (Å²) in [5.74, 6) is 0.506. The van der Waals surface area contributed by atoms with Gasteiger partial charge in [-0.1, -0.05) is 24.6 Å². The lowest BCUT2D eigenvalue weighted by molar-refractivity contribution is 0.190. The maximum Gasteiger partial charge on any atom is 0.129 e. The molecule has 1 aliphatic rings. The summed E-state index contributed by atoms with van der Waals surface area (Å²) < 4.78 is 14.1. The summed E-state index contributed by atoms with van der Waals surface area (Å²) >= 11 is 6.18. The zero-order chi connectivity index (χ0) is 13.8. The highest BCUT2D eigenvalue weighted by molar-refractivity contribution is 6.31. The van der Waals surface area contributed by atoms with Crippen molar-refractivity contribution in [1.29, 1.82) is 0 Å². The number of nitrogens with two attached hydrogens (primary N) is 1. The second-order valence-corrected chi connectivity index (χ2v) is 5.73. The van der Waals surface area contributed by atoms with E-state index in [0.29, 0.717) is 17.1 Å². The number of halogens is 2. The lowest BCUT2D eigenvalue weighted by atomic mass is 10.0. The van der Waals surface area contributed by atoms with Gasteiger partial charge in [-0.3, -0.25) is 4.90 Å². The fraction of sp³-hybridized carbons (Fsp3) is 0.600. The van der Waals surface area contributed by atoms with E-state index < -0.39 is 0 Å². The molecule has 0 aromatic heterocycles. The Morgan fingerprint density at radius 2 is 2.21 bits per heavy atom. The van der Waals surface area contributed by atoms with E-state index in [1.807, 2.05) is 0 Å². The van der Waals surface area contributed by atoms with Crippen LogP contribution in [-0.4, -0.2) is 24.5 Å². The molecule has 2 N–H and O–H groups in total. The summed E-state index contributed by atoms with van der Waals surface area (Å²) in [7, 11) is 0. The van der Waals surface area contributed by atoms with Crippen molar-refractivity contribution < 1.29 is 4.39 Å². The Labute approximate surface area is 119 Å². The van der Waals surface area contributed by atoms with E-state index in [2.05, 4.69) is 11.8 Å². The Hall–Kier alpha value is -0.640. The van der Waals surface area contributed by atoms with E-state index in [0.717, 1.165) is 25.4 Å². The molecule has 1 atom stereocenters. The van der Waals surface area contributed by atoms with Crippen molar-refractivity contribution in [2.24, 2.45) is 11.7 Å². The van der Waals surface area contributed by atoms with Crippen LogP contribution in [-0.2, 0) is 0 Å². The highest BCUT2D eigenvalue weighted by Crippen LogP contribution is 2.35. The SMILES string of the molecule is CCCN(CC1CC1)C(CN)c1c(F)cccc1Cl. The minimum atomic E-state index is -0.250. The molecule has 1 unspecified atom stereocenters. The molecule has 2 nitrogen and oxygen atoms in total. The zero-order valence-corrected chi connectivity index (χ0v) is 12.2. The molecule has 19 heavy (non-hydrogen) atoms. The Morgan fingerprint density at radius 3 is 2.74 bits per heavy atom. The maximum atomic E-state index is 14.1. The Balaban J connectivity index is 2.24. The van der Waals surface area contributed by atoms with Crippen LogP contribution in [0.15, 0.2) is 18.2 Å². The predicted molar refractivity (Wildman–Crippen MR) is 77.8 cm³/mol. The van der Waals surface area contributed by atoms with Crippen LogP contribution >= 0.6 is 11.6 Å². The van der Waals surface area contributed by atoms with Crippen molar-refractivity contribution in [3.8, 4) is 0 Å². The van der Waals surface area contributed by atoms with Crippen molar-refractivity contribution in [2.75, 3.05) is 19.6 Å². The molecule has 1 aromatic rings. The fourth-order valence-corrected chi connectivity index (χ4v) is 2.86. The molecule has 0 spiro atoms. The van der Waals surface area contributed by atoms with Gasteiger partial charge in [0.15, 0.2) is 0 Å². The molecule has 4 heteroatoms. The fourth-order valence-electron chi connectivity index (χ4n) is 2.57. The van der Waals surface area contributed by atoms with Gasteiger partial charge in [-0.2, -0.15) is 0 Å². The summed E-state index contributed by atoms with van der Waals surface area (Å²) in [6.45, 7) is 4.47. The third-order valence-electron chi connectivity index (χ3n) is 3.70. The molecule has 1 aliphatic carbocycles. The van der Waals surface area contributed by atoms with Gasteiger partial charge in [0.05, 0.1) is 6.04 Å². The third-order valence-corrected chi connectivity index (χ3v) is 4.03. The van der Waals surface area contributed by atoms with Crippen LogP contribution in [0.25, 0.3) is 0 Å². The van der Waals surface area contributed by atoms with Gasteiger partial charge in [-0.15, -0.1) is 0 Å². The van der Waals surface area contributed by atoms with E-state index in [-0.39, 0.29) is 11.9 Å². The number of rotatable bonds is 7. The Morgan fingerprint density at radius 1 is 1.47 bits per heavy atom. The summed E-state index contributed by atoms with van der Waals surface area (Å²) in [5.41, 5.74) is 6.46. The number of hydrogen-bond donors (Lipinski definition) is 1. The molecule has 2 rings (SSSR count). The Kier molecular flexibility index (Phi) is 5.20. The van der Waals surface area contributed by atoms with Gasteiger partial charge in [-0.05, 0) is 43.9 Å². The van der Waals surface area contributed by atoms with Crippen LogP contribution in [0.3, 0.4) is 0 Å². The monoisotopic (exact) mass is 284 g/mol. The average molecular weight is 285 g/mol. The molecule has 1 saturated carbocycles. The molecule has 0 aliphatic heterocycles. The van der Waals surface area contributed by atoms with Gasteiger partial charge in [-0.25, -0.2) is 4.39 Å². The standard InChI is InChI=1S/C15H22ClFN2/c1-2-8-19(10-11-6-7-11)14(9-18)15-12(16)4-3-5-13(15)17/h3-5,11,14H,2,6-10,18H2,1H3. The lowest BCUT2D eigenvalue weighted by Crippen LogP contribution is -2.36. The van der Waals surface area contributed by atoms with Crippen molar-refractivity contribution in [2.45, 2.75) is 32.2 Å². The quantitative estimate of drug-likeness (QED) is 0.829. The van der Waals surface area contributed by atoms with Gasteiger partial charge in [0, 0.05) is 23.7 Å². The van der Waals surface area contributed by atoms with E-state index >= 15 is 0 Å². The van der Waals surface area contributed by atoms with Crippen LogP contribution < -0.4 is 5.73 Å². The summed E-state index contributed by atoms with van der Waals surface area (Å²) in [5, 5.41) is 0.479. The number of hydrogen-bond acceptors (Lipinski definition) is 2. The van der Waals surface area contributed by atoms with Gasteiger partial charge in [0.25, 0.3) is 0 Å². The second-order valence-electron chi connectivity index (χ2n) is 5.33. The molecular formula is C15H22ClFN2. The van der Waals surface area contributed by atoms with Crippen LogP contribution in [0.4, 0.5) is 4.39 Å². The minimum absolute atomic E-state index is 0.116. The smallest absolute Gasteiger partial charge is 0.129 e. The van der Waals surface area contributed by atoms with Gasteiger partial charge < -0.3 is 5.73 Å². The van der Waals surface area contributed by atoms with Crippen LogP contribution in [0.5, 0.6) is 0 Å². The predicted octanol–water partition coefficient (Wildman–Crippen LogP) is 3.60. The van der Waals surface area contributed by atoms with Crippen molar-refractivity contribution in [1.82, 2.24) is 4.90 Å². The number of benzene rings is 1. The van der Waals surface area contributed by atoms with E-state index in [9.17, 15) is 4.39 Å². The molecule has 0 bridgehead atoms. The number of nitrogens with zero attached hydrogens (tertiary/aromatic N) is 1. The topological polar surface area (TPSA) is 29.3 Å². The largest absolute Gasteiger partial charge is 0.329 e.